The fourth-order valence-corrected chi connectivity index (χ4v) is 3.71. The molecule has 3 aromatic rings. The Morgan fingerprint density at radius 2 is 1.68 bits per heavy atom. The van der Waals surface area contributed by atoms with Gasteiger partial charge in [0, 0.05) is 23.0 Å². The molecular weight excluding hydrogens is 326 g/mol. The van der Waals surface area contributed by atoms with E-state index in [0.717, 1.165) is 28.7 Å². The molecule has 0 aliphatic carbocycles. The van der Waals surface area contributed by atoms with Crippen molar-refractivity contribution in [1.82, 2.24) is 4.98 Å². The van der Waals surface area contributed by atoms with Gasteiger partial charge in [0.25, 0.3) is 0 Å². The van der Waals surface area contributed by atoms with Crippen LogP contribution in [0.15, 0.2) is 95.1 Å². The van der Waals surface area contributed by atoms with Crippen LogP contribution in [0, 0.1) is 0 Å². The highest BCUT2D eigenvalue weighted by Gasteiger charge is 2.25. The van der Waals surface area contributed by atoms with Gasteiger partial charge in [-0.25, -0.2) is 4.99 Å². The number of para-hydroxylation sites is 2. The summed E-state index contributed by atoms with van der Waals surface area (Å²) in [5, 5.41) is 0.993. The highest BCUT2D eigenvalue weighted by molar-refractivity contribution is 8.18. The standard InChI is InChI=1S/C21H17N3S/c1-3-9-18(10-4-1)23-21-24(19-11-5-2-6-12-19)16-20(25-21)14-17-8-7-13-22-15-17/h1-15H,16H2/b20-14-,23-21?. The molecule has 0 saturated carbocycles. The molecule has 0 N–H and O–H groups in total. The summed E-state index contributed by atoms with van der Waals surface area (Å²) in [4.78, 5) is 12.6. The number of pyridine rings is 1. The van der Waals surface area contributed by atoms with Crippen LogP contribution in [-0.2, 0) is 0 Å². The molecule has 0 atom stereocenters. The fourth-order valence-electron chi connectivity index (χ4n) is 2.66. The normalized spacial score (nSPS) is 17.4. The largest absolute Gasteiger partial charge is 0.316 e. The van der Waals surface area contributed by atoms with Crippen LogP contribution in [-0.4, -0.2) is 16.7 Å². The Kier molecular flexibility index (Phi) is 4.61. The summed E-state index contributed by atoms with van der Waals surface area (Å²) in [6.45, 7) is 0.815. The molecule has 0 radical (unpaired) electrons. The fraction of sp³-hybridized carbons (Fsp3) is 0.0476. The number of rotatable bonds is 3. The lowest BCUT2D eigenvalue weighted by molar-refractivity contribution is 1.16. The van der Waals surface area contributed by atoms with Crippen molar-refractivity contribution in [1.29, 1.82) is 0 Å². The summed E-state index contributed by atoms with van der Waals surface area (Å²) in [6, 6.07) is 24.5. The average Bonchev–Trinajstić information content (AvgIpc) is 3.06. The van der Waals surface area contributed by atoms with E-state index in [9.17, 15) is 0 Å². The Morgan fingerprint density at radius 3 is 2.40 bits per heavy atom. The number of nitrogens with zero attached hydrogens (tertiary/aromatic N) is 3. The second-order valence-electron chi connectivity index (χ2n) is 5.65. The molecular formula is C21H17N3S. The molecule has 1 fully saturated rings. The SMILES string of the molecule is C(=C1\CN(c2ccccc2)C(=Nc2ccccc2)S1)/c1cccnc1. The molecule has 25 heavy (non-hydrogen) atoms. The molecule has 122 valence electrons. The molecule has 2 aromatic carbocycles. The maximum atomic E-state index is 4.86. The van der Waals surface area contributed by atoms with Gasteiger partial charge >= 0.3 is 0 Å². The van der Waals surface area contributed by atoms with Crippen molar-refractivity contribution < 1.29 is 0 Å². The first-order valence-electron chi connectivity index (χ1n) is 8.13. The topological polar surface area (TPSA) is 28.5 Å². The number of amidine groups is 1. The lowest BCUT2D eigenvalue weighted by Crippen LogP contribution is -2.23. The van der Waals surface area contributed by atoms with E-state index in [4.69, 9.17) is 4.99 Å². The summed E-state index contributed by atoms with van der Waals surface area (Å²) >= 11 is 1.71. The first-order valence-corrected chi connectivity index (χ1v) is 8.95. The van der Waals surface area contributed by atoms with Crippen molar-refractivity contribution in [2.24, 2.45) is 4.99 Å². The van der Waals surface area contributed by atoms with Crippen LogP contribution in [0.1, 0.15) is 5.56 Å². The van der Waals surface area contributed by atoms with Crippen molar-refractivity contribution in [3.8, 4) is 0 Å². The van der Waals surface area contributed by atoms with Gasteiger partial charge in [-0.2, -0.15) is 0 Å². The third-order valence-electron chi connectivity index (χ3n) is 3.83. The van der Waals surface area contributed by atoms with E-state index in [2.05, 4.69) is 46.3 Å². The maximum absolute atomic E-state index is 4.86. The summed E-state index contributed by atoms with van der Waals surface area (Å²) in [7, 11) is 0. The van der Waals surface area contributed by atoms with Crippen molar-refractivity contribution in [2.45, 2.75) is 0 Å². The van der Waals surface area contributed by atoms with Gasteiger partial charge in [0.05, 0.1) is 12.2 Å². The van der Waals surface area contributed by atoms with Crippen molar-refractivity contribution >= 4 is 34.4 Å². The molecule has 1 aliphatic heterocycles. The second-order valence-corrected chi connectivity index (χ2v) is 6.74. The zero-order valence-corrected chi connectivity index (χ0v) is 14.4. The van der Waals surface area contributed by atoms with E-state index in [-0.39, 0.29) is 0 Å². The van der Waals surface area contributed by atoms with E-state index in [1.165, 1.54) is 4.91 Å². The van der Waals surface area contributed by atoms with Gasteiger partial charge < -0.3 is 4.90 Å². The van der Waals surface area contributed by atoms with Crippen LogP contribution in [0.25, 0.3) is 6.08 Å². The van der Waals surface area contributed by atoms with E-state index in [1.54, 1.807) is 18.0 Å². The van der Waals surface area contributed by atoms with Gasteiger partial charge in [-0.05, 0) is 42.0 Å². The van der Waals surface area contributed by atoms with Crippen LogP contribution in [0.5, 0.6) is 0 Å². The monoisotopic (exact) mass is 343 g/mol. The predicted octanol–water partition coefficient (Wildman–Crippen LogP) is 5.36. The number of benzene rings is 2. The first-order chi connectivity index (χ1) is 12.4. The Balaban J connectivity index is 1.70. The third kappa shape index (κ3) is 3.80. The Bertz CT molecular complexity index is 890. The van der Waals surface area contributed by atoms with Crippen LogP contribution < -0.4 is 4.90 Å². The smallest absolute Gasteiger partial charge is 0.173 e. The quantitative estimate of drug-likeness (QED) is 0.640. The second kappa shape index (κ2) is 7.36. The number of anilines is 1. The molecule has 4 rings (SSSR count). The highest BCUT2D eigenvalue weighted by Crippen LogP contribution is 2.35. The summed E-state index contributed by atoms with van der Waals surface area (Å²) in [5.74, 6) is 0. The summed E-state index contributed by atoms with van der Waals surface area (Å²) in [6.07, 6.45) is 5.86. The molecule has 1 aliphatic rings. The molecule has 3 nitrogen and oxygen atoms in total. The zero-order valence-electron chi connectivity index (χ0n) is 13.6. The average molecular weight is 343 g/mol. The Labute approximate surface area is 151 Å². The van der Waals surface area contributed by atoms with Crippen molar-refractivity contribution in [3.05, 3.63) is 95.7 Å². The van der Waals surface area contributed by atoms with Crippen molar-refractivity contribution in [3.63, 3.8) is 0 Å². The highest BCUT2D eigenvalue weighted by atomic mass is 32.2. The van der Waals surface area contributed by atoms with Crippen LogP contribution >= 0.6 is 11.8 Å². The molecule has 1 saturated heterocycles. The van der Waals surface area contributed by atoms with Gasteiger partial charge in [-0.3, -0.25) is 4.98 Å². The summed E-state index contributed by atoms with van der Waals surface area (Å²) in [5.41, 5.74) is 3.23. The molecule has 0 unspecified atom stereocenters. The minimum atomic E-state index is 0.815. The van der Waals surface area contributed by atoms with Gasteiger partial charge in [0.1, 0.15) is 0 Å². The van der Waals surface area contributed by atoms with Crippen LogP contribution in [0.4, 0.5) is 11.4 Å². The molecule has 0 bridgehead atoms. The lowest BCUT2D eigenvalue weighted by atomic mass is 10.2. The van der Waals surface area contributed by atoms with Crippen molar-refractivity contribution in [2.75, 3.05) is 11.4 Å². The van der Waals surface area contributed by atoms with E-state index in [0.29, 0.717) is 0 Å². The first kappa shape index (κ1) is 15.7. The van der Waals surface area contributed by atoms with E-state index < -0.39 is 0 Å². The molecule has 1 aromatic heterocycles. The minimum Gasteiger partial charge on any atom is -0.316 e. The number of aliphatic imine (C=N–C) groups is 1. The van der Waals surface area contributed by atoms with Gasteiger partial charge in [0.2, 0.25) is 0 Å². The molecule has 0 spiro atoms. The minimum absolute atomic E-state index is 0.815. The lowest BCUT2D eigenvalue weighted by Gasteiger charge is -2.17. The number of hydrogen-bond acceptors (Lipinski definition) is 3. The summed E-state index contributed by atoms with van der Waals surface area (Å²) < 4.78 is 0. The van der Waals surface area contributed by atoms with Gasteiger partial charge in [-0.15, -0.1) is 0 Å². The van der Waals surface area contributed by atoms with Crippen LogP contribution in [0.3, 0.4) is 0 Å². The van der Waals surface area contributed by atoms with E-state index >= 15 is 0 Å². The van der Waals surface area contributed by atoms with E-state index in [1.807, 2.05) is 48.7 Å². The molecule has 2 heterocycles. The molecule has 0 amide bonds. The maximum Gasteiger partial charge on any atom is 0.173 e. The number of hydrogen-bond donors (Lipinski definition) is 0. The third-order valence-corrected chi connectivity index (χ3v) is 4.83. The van der Waals surface area contributed by atoms with Crippen LogP contribution in [0.2, 0.25) is 0 Å². The zero-order chi connectivity index (χ0) is 16.9. The van der Waals surface area contributed by atoms with Gasteiger partial charge in [-0.1, -0.05) is 54.2 Å². The predicted molar refractivity (Wildman–Crippen MR) is 107 cm³/mol. The Morgan fingerprint density at radius 1 is 0.920 bits per heavy atom. The van der Waals surface area contributed by atoms with Gasteiger partial charge in [0.15, 0.2) is 5.17 Å². The number of thioether (sulfide) groups is 1. The number of aromatic nitrogens is 1. The molecule has 4 heteroatoms. The Hall–Kier alpha value is -2.85.